The van der Waals surface area contributed by atoms with Gasteiger partial charge >= 0.3 is 0 Å². The van der Waals surface area contributed by atoms with Gasteiger partial charge in [-0.05, 0) is 31.0 Å². The number of aromatic amines is 1. The van der Waals surface area contributed by atoms with Crippen molar-refractivity contribution in [2.75, 3.05) is 6.54 Å². The van der Waals surface area contributed by atoms with E-state index in [0.717, 1.165) is 39.8 Å². The highest BCUT2D eigenvalue weighted by Gasteiger charge is 2.41. The fourth-order valence-electron chi connectivity index (χ4n) is 4.22. The molecule has 0 aliphatic carbocycles. The third kappa shape index (κ3) is 3.70. The summed E-state index contributed by atoms with van der Waals surface area (Å²) in [7, 11) is 0. The van der Waals surface area contributed by atoms with Crippen molar-refractivity contribution < 1.29 is 4.79 Å². The largest absolute Gasteiger partial charge is 0.337 e. The molecule has 1 unspecified atom stereocenters. The number of benzene rings is 2. The van der Waals surface area contributed by atoms with E-state index in [9.17, 15) is 4.79 Å². The number of fused-ring (bicyclic) bond motifs is 1. The molecule has 1 N–H and O–H groups in total. The number of aromatic nitrogens is 4. The van der Waals surface area contributed by atoms with Crippen molar-refractivity contribution >= 4 is 21.8 Å². The number of H-pyrrole nitrogens is 1. The molecule has 5 rings (SSSR count). The fraction of sp³-hybridized carbons (Fsp3) is 0.208. The fourth-order valence-corrected chi connectivity index (χ4v) is 4.64. The molecule has 1 atom stereocenters. The van der Waals surface area contributed by atoms with Gasteiger partial charge in [0.1, 0.15) is 5.69 Å². The van der Waals surface area contributed by atoms with Crippen LogP contribution in [-0.2, 0) is 6.54 Å². The van der Waals surface area contributed by atoms with Crippen LogP contribution in [0.3, 0.4) is 0 Å². The summed E-state index contributed by atoms with van der Waals surface area (Å²) in [5, 5.41) is 7.57. The van der Waals surface area contributed by atoms with Crippen LogP contribution < -0.4 is 0 Å². The Kier molecular flexibility index (Phi) is 5.19. The van der Waals surface area contributed by atoms with Crippen LogP contribution in [-0.4, -0.2) is 37.1 Å². The normalized spacial score (nSPS) is 15.5. The van der Waals surface area contributed by atoms with Crippen molar-refractivity contribution in [3.8, 4) is 11.3 Å². The minimum Gasteiger partial charge on any atom is -0.337 e. The molecule has 4 aromatic rings. The maximum atomic E-state index is 13.4. The minimum absolute atomic E-state index is 0.00327. The van der Waals surface area contributed by atoms with Gasteiger partial charge in [-0.1, -0.05) is 57.9 Å². The number of aryl methyl sites for hydroxylation is 2. The van der Waals surface area contributed by atoms with Crippen molar-refractivity contribution in [2.45, 2.75) is 25.9 Å². The summed E-state index contributed by atoms with van der Waals surface area (Å²) in [5.41, 5.74) is 5.65. The molecule has 6 nitrogen and oxygen atoms in total. The van der Waals surface area contributed by atoms with Gasteiger partial charge in [-0.25, -0.2) is 4.98 Å². The molecule has 0 fully saturated rings. The van der Waals surface area contributed by atoms with Gasteiger partial charge in [-0.3, -0.25) is 9.89 Å². The summed E-state index contributed by atoms with van der Waals surface area (Å²) < 4.78 is 3.03. The molecule has 3 heterocycles. The Labute approximate surface area is 189 Å². The van der Waals surface area contributed by atoms with E-state index in [1.165, 1.54) is 5.56 Å². The van der Waals surface area contributed by atoms with Crippen LogP contribution in [0.2, 0.25) is 0 Å². The Morgan fingerprint density at radius 2 is 1.97 bits per heavy atom. The number of nitrogens with zero attached hydrogens (tertiary/aromatic N) is 4. The Morgan fingerprint density at radius 3 is 2.71 bits per heavy atom. The summed E-state index contributed by atoms with van der Waals surface area (Å²) in [6.07, 6.45) is 6.36. The van der Waals surface area contributed by atoms with E-state index < -0.39 is 0 Å². The topological polar surface area (TPSA) is 66.8 Å². The molecule has 156 valence electrons. The maximum Gasteiger partial charge on any atom is 0.273 e. The van der Waals surface area contributed by atoms with Crippen LogP contribution in [0.5, 0.6) is 0 Å². The lowest BCUT2D eigenvalue weighted by Crippen LogP contribution is -2.31. The van der Waals surface area contributed by atoms with Crippen molar-refractivity contribution in [2.24, 2.45) is 0 Å². The number of carbonyl (C=O) groups is 1. The van der Waals surface area contributed by atoms with Gasteiger partial charge < -0.3 is 9.47 Å². The van der Waals surface area contributed by atoms with Crippen LogP contribution in [0.25, 0.3) is 11.3 Å². The first-order chi connectivity index (χ1) is 15.1. The zero-order valence-electron chi connectivity index (χ0n) is 17.1. The van der Waals surface area contributed by atoms with E-state index in [1.54, 1.807) is 12.5 Å². The third-order valence-corrected chi connectivity index (χ3v) is 6.22. The summed E-state index contributed by atoms with van der Waals surface area (Å²) in [6, 6.07) is 16.3. The van der Waals surface area contributed by atoms with Crippen LogP contribution in [0.15, 0.2) is 71.7 Å². The van der Waals surface area contributed by atoms with Crippen molar-refractivity contribution in [3.05, 3.63) is 94.1 Å². The Hall–Kier alpha value is -3.19. The zero-order chi connectivity index (χ0) is 21.4. The van der Waals surface area contributed by atoms with E-state index >= 15 is 0 Å². The second-order valence-corrected chi connectivity index (χ2v) is 8.75. The molecule has 0 spiro atoms. The number of imidazole rings is 1. The van der Waals surface area contributed by atoms with E-state index in [2.05, 4.69) is 74.4 Å². The third-order valence-electron chi connectivity index (χ3n) is 5.73. The first-order valence-electron chi connectivity index (χ1n) is 10.3. The molecule has 1 aliphatic rings. The Balaban J connectivity index is 1.53. The Bertz CT molecular complexity index is 1210. The van der Waals surface area contributed by atoms with E-state index in [1.807, 2.05) is 27.8 Å². The first kappa shape index (κ1) is 19.8. The van der Waals surface area contributed by atoms with E-state index in [0.29, 0.717) is 12.2 Å². The highest BCUT2D eigenvalue weighted by Crippen LogP contribution is 2.43. The lowest BCUT2D eigenvalue weighted by atomic mass is 9.96. The molecule has 1 amide bonds. The molecular weight excluding hydrogens is 454 g/mol. The number of nitrogens with one attached hydrogen (secondary N) is 1. The Morgan fingerprint density at radius 1 is 1.13 bits per heavy atom. The SMILES string of the molecule is Cc1ccc(-c2n[nH]c3c2C(c2cccc(Br)c2)N(CCCn2ccnc2)C3=O)cc1. The highest BCUT2D eigenvalue weighted by atomic mass is 79.9. The second kappa shape index (κ2) is 8.15. The zero-order valence-corrected chi connectivity index (χ0v) is 18.7. The number of hydrogen-bond donors (Lipinski definition) is 1. The molecule has 2 aromatic heterocycles. The standard InChI is InChI=1S/C24H22BrN5O/c1-16-6-8-17(9-7-16)21-20-22(28-27-21)24(31)30(12-3-11-29-13-10-26-15-29)23(20)18-4-2-5-19(25)14-18/h2,4-10,13-15,23H,3,11-12H2,1H3,(H,27,28). The van der Waals surface area contributed by atoms with E-state index in [4.69, 9.17) is 0 Å². The smallest absolute Gasteiger partial charge is 0.273 e. The maximum absolute atomic E-state index is 13.4. The first-order valence-corrected chi connectivity index (χ1v) is 11.1. The van der Waals surface area contributed by atoms with Gasteiger partial charge in [-0.15, -0.1) is 0 Å². The summed E-state index contributed by atoms with van der Waals surface area (Å²) in [6.45, 7) is 3.52. The van der Waals surface area contributed by atoms with E-state index in [-0.39, 0.29) is 11.9 Å². The van der Waals surface area contributed by atoms with Gasteiger partial charge in [0, 0.05) is 41.1 Å². The van der Waals surface area contributed by atoms with Crippen LogP contribution in [0.4, 0.5) is 0 Å². The molecule has 1 aliphatic heterocycles. The number of halogens is 1. The van der Waals surface area contributed by atoms with Gasteiger partial charge in [0.05, 0.1) is 18.1 Å². The predicted octanol–water partition coefficient (Wildman–Crippen LogP) is 4.98. The van der Waals surface area contributed by atoms with Gasteiger partial charge in [0.15, 0.2) is 0 Å². The lowest BCUT2D eigenvalue weighted by molar-refractivity contribution is 0.0739. The molecular formula is C24H22BrN5O. The molecule has 0 radical (unpaired) electrons. The van der Waals surface area contributed by atoms with Crippen LogP contribution in [0, 0.1) is 6.92 Å². The molecule has 7 heteroatoms. The van der Waals surface area contributed by atoms with Gasteiger partial charge in [0.2, 0.25) is 0 Å². The number of rotatable bonds is 6. The molecule has 0 bridgehead atoms. The summed E-state index contributed by atoms with van der Waals surface area (Å²) >= 11 is 3.59. The minimum atomic E-state index is -0.183. The van der Waals surface area contributed by atoms with Crippen molar-refractivity contribution in [1.29, 1.82) is 0 Å². The summed E-state index contributed by atoms with van der Waals surface area (Å²) in [5.74, 6) is -0.00327. The molecule has 31 heavy (non-hydrogen) atoms. The average Bonchev–Trinajstić information content (AvgIpc) is 3.48. The van der Waals surface area contributed by atoms with Crippen molar-refractivity contribution in [3.63, 3.8) is 0 Å². The average molecular weight is 476 g/mol. The molecule has 0 saturated heterocycles. The number of hydrogen-bond acceptors (Lipinski definition) is 3. The summed E-state index contributed by atoms with van der Waals surface area (Å²) in [4.78, 5) is 19.4. The highest BCUT2D eigenvalue weighted by molar-refractivity contribution is 9.10. The quantitative estimate of drug-likeness (QED) is 0.427. The van der Waals surface area contributed by atoms with Crippen LogP contribution >= 0.6 is 15.9 Å². The molecule has 2 aromatic carbocycles. The number of carbonyl (C=O) groups excluding carboxylic acids is 1. The van der Waals surface area contributed by atoms with Gasteiger partial charge in [0.25, 0.3) is 5.91 Å². The predicted molar refractivity (Wildman–Crippen MR) is 123 cm³/mol. The monoisotopic (exact) mass is 475 g/mol. The second-order valence-electron chi connectivity index (χ2n) is 7.84. The number of amides is 1. The van der Waals surface area contributed by atoms with Gasteiger partial charge in [-0.2, -0.15) is 5.10 Å². The molecule has 0 saturated carbocycles. The van der Waals surface area contributed by atoms with Crippen molar-refractivity contribution in [1.82, 2.24) is 24.6 Å². The lowest BCUT2D eigenvalue weighted by Gasteiger charge is -2.26. The van der Waals surface area contributed by atoms with Crippen LogP contribution in [0.1, 0.15) is 39.6 Å².